The minimum absolute atomic E-state index is 0.118. The number of fused-ring (bicyclic) bond motifs is 1. The molecule has 0 amide bonds. The zero-order valence-corrected chi connectivity index (χ0v) is 14.0. The number of rotatable bonds is 3. The van der Waals surface area contributed by atoms with E-state index in [9.17, 15) is 5.11 Å². The lowest BCUT2D eigenvalue weighted by Gasteiger charge is -2.46. The third kappa shape index (κ3) is 2.29. The van der Waals surface area contributed by atoms with Gasteiger partial charge in [0.05, 0.1) is 20.3 Å². The van der Waals surface area contributed by atoms with E-state index >= 15 is 0 Å². The molecule has 4 nitrogen and oxygen atoms in total. The van der Waals surface area contributed by atoms with E-state index in [1.807, 2.05) is 6.07 Å². The van der Waals surface area contributed by atoms with Crippen molar-refractivity contribution in [2.45, 2.75) is 43.7 Å². The molecule has 1 aromatic rings. The molecule has 122 valence electrons. The largest absolute Gasteiger partial charge is 0.493 e. The monoisotopic (exact) mass is 305 g/mol. The number of methoxy groups -OCH3 is 2. The van der Waals surface area contributed by atoms with Gasteiger partial charge in [0.25, 0.3) is 0 Å². The summed E-state index contributed by atoms with van der Waals surface area (Å²) >= 11 is 0. The van der Waals surface area contributed by atoms with Gasteiger partial charge in [-0.05, 0) is 56.5 Å². The molecule has 1 aromatic carbocycles. The van der Waals surface area contributed by atoms with Gasteiger partial charge in [0.15, 0.2) is 11.5 Å². The molecule has 2 fully saturated rings. The van der Waals surface area contributed by atoms with Crippen LogP contribution in [0.3, 0.4) is 0 Å². The maximum atomic E-state index is 10.3. The summed E-state index contributed by atoms with van der Waals surface area (Å²) in [6.45, 7) is 3.25. The van der Waals surface area contributed by atoms with Crippen LogP contribution in [0.25, 0.3) is 0 Å². The highest BCUT2D eigenvalue weighted by atomic mass is 16.5. The van der Waals surface area contributed by atoms with E-state index in [0.29, 0.717) is 12.0 Å². The van der Waals surface area contributed by atoms with Gasteiger partial charge < -0.3 is 19.5 Å². The quantitative estimate of drug-likeness (QED) is 0.931. The predicted octanol–water partition coefficient (Wildman–Crippen LogP) is 2.44. The van der Waals surface area contributed by atoms with Crippen LogP contribution in [0.2, 0.25) is 0 Å². The highest BCUT2D eigenvalue weighted by molar-refractivity contribution is 5.46. The molecule has 3 rings (SSSR count). The second-order valence-electron chi connectivity index (χ2n) is 6.96. The van der Waals surface area contributed by atoms with Crippen LogP contribution in [0, 0.1) is 5.92 Å². The first kappa shape index (κ1) is 15.6. The van der Waals surface area contributed by atoms with Crippen molar-refractivity contribution in [1.29, 1.82) is 0 Å². The topological polar surface area (TPSA) is 41.9 Å². The molecule has 1 saturated carbocycles. The Kier molecular flexibility index (Phi) is 4.08. The number of nitrogens with zero attached hydrogens (tertiary/aromatic N) is 1. The molecule has 22 heavy (non-hydrogen) atoms. The summed E-state index contributed by atoms with van der Waals surface area (Å²) in [7, 11) is 5.53. The zero-order valence-electron chi connectivity index (χ0n) is 14.0. The number of likely N-dealkylation sites (tertiary alicyclic amines) is 1. The SMILES string of the molecule is COc1ccc([C@]23CCN(C)[C@H]2C[C@H](O)[C@@H](C)C3)cc1OC. The average Bonchev–Trinajstić information content (AvgIpc) is 2.85. The molecule has 4 atom stereocenters. The van der Waals surface area contributed by atoms with Gasteiger partial charge >= 0.3 is 0 Å². The molecule has 0 bridgehead atoms. The zero-order chi connectivity index (χ0) is 15.9. The van der Waals surface area contributed by atoms with Gasteiger partial charge in [-0.15, -0.1) is 0 Å². The fourth-order valence-corrected chi connectivity index (χ4v) is 4.54. The van der Waals surface area contributed by atoms with Crippen LogP contribution >= 0.6 is 0 Å². The van der Waals surface area contributed by atoms with E-state index < -0.39 is 0 Å². The third-order valence-electron chi connectivity index (χ3n) is 5.85. The van der Waals surface area contributed by atoms with E-state index in [1.54, 1.807) is 14.2 Å². The first-order valence-corrected chi connectivity index (χ1v) is 8.12. The van der Waals surface area contributed by atoms with Gasteiger partial charge in [0.1, 0.15) is 0 Å². The van der Waals surface area contributed by atoms with Crippen molar-refractivity contribution >= 4 is 0 Å². The molecule has 0 unspecified atom stereocenters. The lowest BCUT2D eigenvalue weighted by molar-refractivity contribution is 0.0146. The standard InChI is InChI=1S/C18H27NO3/c1-12-11-18(7-8-19(2)17(18)10-14(12)20)13-5-6-15(21-3)16(9-13)22-4/h5-6,9,12,14,17,20H,7-8,10-11H2,1-4H3/t12-,14-,17-,18+/m0/s1. The smallest absolute Gasteiger partial charge is 0.161 e. The predicted molar refractivity (Wildman–Crippen MR) is 86.7 cm³/mol. The van der Waals surface area contributed by atoms with Crippen LogP contribution in [-0.2, 0) is 5.41 Å². The Morgan fingerprint density at radius 1 is 1.23 bits per heavy atom. The Hall–Kier alpha value is -1.26. The van der Waals surface area contributed by atoms with Crippen molar-refractivity contribution in [3.05, 3.63) is 23.8 Å². The lowest BCUT2D eigenvalue weighted by atomic mass is 9.62. The van der Waals surface area contributed by atoms with E-state index in [2.05, 4.69) is 31.0 Å². The van der Waals surface area contributed by atoms with Crippen LogP contribution in [-0.4, -0.2) is 50.0 Å². The normalized spacial score (nSPS) is 35.2. The second kappa shape index (κ2) is 5.74. The highest BCUT2D eigenvalue weighted by Crippen LogP contribution is 2.51. The van der Waals surface area contributed by atoms with Gasteiger partial charge in [-0.25, -0.2) is 0 Å². The first-order valence-electron chi connectivity index (χ1n) is 8.12. The fraction of sp³-hybridized carbons (Fsp3) is 0.667. The number of aliphatic hydroxyl groups excluding tert-OH is 1. The van der Waals surface area contributed by atoms with Crippen LogP contribution < -0.4 is 9.47 Å². The molecule has 2 aliphatic rings. The summed E-state index contributed by atoms with van der Waals surface area (Å²) < 4.78 is 10.9. The summed E-state index contributed by atoms with van der Waals surface area (Å²) in [4.78, 5) is 2.41. The highest BCUT2D eigenvalue weighted by Gasteiger charge is 2.52. The summed E-state index contributed by atoms with van der Waals surface area (Å²) in [6, 6.07) is 6.72. The lowest BCUT2D eigenvalue weighted by Crippen LogP contribution is -2.50. The number of benzene rings is 1. The molecule has 1 aliphatic heterocycles. The van der Waals surface area contributed by atoms with Crippen molar-refractivity contribution in [1.82, 2.24) is 4.90 Å². The first-order chi connectivity index (χ1) is 10.5. The number of hydrogen-bond acceptors (Lipinski definition) is 4. The van der Waals surface area contributed by atoms with E-state index in [1.165, 1.54) is 5.56 Å². The van der Waals surface area contributed by atoms with Gasteiger partial charge in [-0.1, -0.05) is 13.0 Å². The van der Waals surface area contributed by atoms with E-state index in [4.69, 9.17) is 9.47 Å². The van der Waals surface area contributed by atoms with Crippen molar-refractivity contribution in [2.75, 3.05) is 27.8 Å². The van der Waals surface area contributed by atoms with Crippen LogP contribution in [0.15, 0.2) is 18.2 Å². The second-order valence-corrected chi connectivity index (χ2v) is 6.96. The van der Waals surface area contributed by atoms with Crippen LogP contribution in [0.4, 0.5) is 0 Å². The molecule has 1 heterocycles. The van der Waals surface area contributed by atoms with Crippen molar-refractivity contribution in [3.8, 4) is 11.5 Å². The number of aliphatic hydroxyl groups is 1. The molecule has 0 aromatic heterocycles. The number of hydrogen-bond donors (Lipinski definition) is 1. The fourth-order valence-electron chi connectivity index (χ4n) is 4.54. The van der Waals surface area contributed by atoms with Gasteiger partial charge in [-0.3, -0.25) is 0 Å². The Labute approximate surface area is 133 Å². The van der Waals surface area contributed by atoms with E-state index in [0.717, 1.165) is 37.3 Å². The third-order valence-corrected chi connectivity index (χ3v) is 5.85. The summed E-state index contributed by atoms with van der Waals surface area (Å²) in [5.74, 6) is 1.90. The van der Waals surface area contributed by atoms with Crippen molar-refractivity contribution in [3.63, 3.8) is 0 Å². The van der Waals surface area contributed by atoms with Gasteiger partial charge in [0.2, 0.25) is 0 Å². The minimum atomic E-state index is -0.196. The Morgan fingerprint density at radius 2 is 1.95 bits per heavy atom. The van der Waals surface area contributed by atoms with Crippen LogP contribution in [0.1, 0.15) is 31.7 Å². The molecule has 1 N–H and O–H groups in total. The van der Waals surface area contributed by atoms with Gasteiger partial charge in [0, 0.05) is 11.5 Å². The maximum absolute atomic E-state index is 10.3. The van der Waals surface area contributed by atoms with Crippen LogP contribution in [0.5, 0.6) is 11.5 Å². The summed E-state index contributed by atoms with van der Waals surface area (Å²) in [6.07, 6.45) is 2.82. The molecule has 1 aliphatic carbocycles. The van der Waals surface area contributed by atoms with E-state index in [-0.39, 0.29) is 11.5 Å². The maximum Gasteiger partial charge on any atom is 0.161 e. The Morgan fingerprint density at radius 3 is 2.64 bits per heavy atom. The average molecular weight is 305 g/mol. The summed E-state index contributed by atoms with van der Waals surface area (Å²) in [5, 5.41) is 10.3. The van der Waals surface area contributed by atoms with Gasteiger partial charge in [-0.2, -0.15) is 0 Å². The Balaban J connectivity index is 2.04. The summed E-state index contributed by atoms with van der Waals surface area (Å²) in [5.41, 5.74) is 1.44. The van der Waals surface area contributed by atoms with Crippen molar-refractivity contribution < 1.29 is 14.6 Å². The molecule has 0 radical (unpaired) electrons. The van der Waals surface area contributed by atoms with Crippen molar-refractivity contribution in [2.24, 2.45) is 5.92 Å². The Bertz CT molecular complexity index is 547. The molecular weight excluding hydrogens is 278 g/mol. The molecule has 4 heteroatoms. The molecule has 0 spiro atoms. The number of ether oxygens (including phenoxy) is 2. The minimum Gasteiger partial charge on any atom is -0.493 e. The molecule has 1 saturated heterocycles. The number of likely N-dealkylation sites (N-methyl/N-ethyl adjacent to an activating group) is 1. The molecular formula is C18H27NO3.